The summed E-state index contributed by atoms with van der Waals surface area (Å²) in [5, 5.41) is 0. The number of fused-ring (bicyclic) bond motifs is 1. The zero-order valence-corrected chi connectivity index (χ0v) is 19.7. The molecule has 4 nitrogen and oxygen atoms in total. The first-order valence-corrected chi connectivity index (χ1v) is 12.5. The summed E-state index contributed by atoms with van der Waals surface area (Å²) in [5.41, 5.74) is 4.71. The number of hydrogen-bond donors (Lipinski definition) is 0. The van der Waals surface area contributed by atoms with Crippen molar-refractivity contribution in [3.8, 4) is 0 Å². The molecule has 170 valence electrons. The molecule has 1 amide bonds. The summed E-state index contributed by atoms with van der Waals surface area (Å²) in [4.78, 5) is 24.8. The molecule has 0 atom stereocenters. The Labute approximate surface area is 198 Å². The summed E-state index contributed by atoms with van der Waals surface area (Å²) >= 11 is 1.79. The van der Waals surface area contributed by atoms with Gasteiger partial charge in [0.05, 0.1) is 11.4 Å². The van der Waals surface area contributed by atoms with Gasteiger partial charge in [-0.1, -0.05) is 55.4 Å². The molecule has 0 aromatic heterocycles. The van der Waals surface area contributed by atoms with E-state index in [0.717, 1.165) is 42.7 Å². The third kappa shape index (κ3) is 4.49. The maximum Gasteiger partial charge on any atom is 0.249 e. The molecular formula is C27H28FN3OS. The van der Waals surface area contributed by atoms with Crippen LogP contribution in [0.4, 0.5) is 10.1 Å². The van der Waals surface area contributed by atoms with E-state index in [2.05, 4.69) is 31.2 Å². The predicted molar refractivity (Wildman–Crippen MR) is 133 cm³/mol. The number of piperazine rings is 1. The zero-order chi connectivity index (χ0) is 22.8. The second-order valence-corrected chi connectivity index (χ2v) is 9.75. The fourth-order valence-corrected chi connectivity index (χ4v) is 5.80. The lowest BCUT2D eigenvalue weighted by molar-refractivity contribution is -0.127. The van der Waals surface area contributed by atoms with Crippen molar-refractivity contribution in [3.05, 3.63) is 82.2 Å². The molecule has 3 aliphatic rings. The second-order valence-electron chi connectivity index (χ2n) is 8.62. The van der Waals surface area contributed by atoms with Crippen molar-refractivity contribution in [1.82, 2.24) is 4.90 Å². The summed E-state index contributed by atoms with van der Waals surface area (Å²) < 4.78 is 14.1. The van der Waals surface area contributed by atoms with Gasteiger partial charge in [0, 0.05) is 52.8 Å². The molecule has 0 saturated carbocycles. The predicted octanol–water partition coefficient (Wildman–Crippen LogP) is 5.80. The first-order valence-electron chi connectivity index (χ1n) is 11.7. The van der Waals surface area contributed by atoms with Crippen LogP contribution < -0.4 is 4.90 Å². The largest absolute Gasteiger partial charge is 0.366 e. The summed E-state index contributed by atoms with van der Waals surface area (Å²) in [5.74, 6) is -0.118. The highest BCUT2D eigenvalue weighted by molar-refractivity contribution is 8.03. The highest BCUT2D eigenvalue weighted by Crippen LogP contribution is 2.42. The van der Waals surface area contributed by atoms with Crippen LogP contribution in [0.3, 0.4) is 0 Å². The number of thioether (sulfide) groups is 1. The molecule has 2 aromatic rings. The number of amides is 1. The van der Waals surface area contributed by atoms with Gasteiger partial charge in [-0.05, 0) is 43.5 Å². The van der Waals surface area contributed by atoms with Crippen LogP contribution in [-0.2, 0) is 4.79 Å². The van der Waals surface area contributed by atoms with Crippen molar-refractivity contribution >= 4 is 29.1 Å². The van der Waals surface area contributed by atoms with E-state index in [1.54, 1.807) is 23.9 Å². The minimum Gasteiger partial charge on any atom is -0.366 e. The molecule has 0 radical (unpaired) electrons. The number of allylic oxidation sites excluding steroid dienone is 2. The third-order valence-corrected chi connectivity index (χ3v) is 7.66. The Balaban J connectivity index is 1.34. The lowest BCUT2D eigenvalue weighted by Gasteiger charge is -2.37. The molecule has 0 bridgehead atoms. The van der Waals surface area contributed by atoms with Crippen LogP contribution in [0.1, 0.15) is 38.2 Å². The minimum absolute atomic E-state index is 0.0914. The Morgan fingerprint density at radius 2 is 1.79 bits per heavy atom. The number of rotatable bonds is 4. The number of carbonyl (C=O) groups is 1. The second kappa shape index (κ2) is 9.56. The first kappa shape index (κ1) is 22.0. The van der Waals surface area contributed by atoms with Gasteiger partial charge in [0.2, 0.25) is 5.91 Å². The molecule has 0 N–H and O–H groups in total. The van der Waals surface area contributed by atoms with Gasteiger partial charge in [-0.2, -0.15) is 0 Å². The van der Waals surface area contributed by atoms with Crippen LogP contribution in [-0.4, -0.2) is 42.7 Å². The molecule has 1 aliphatic carbocycles. The average molecular weight is 462 g/mol. The van der Waals surface area contributed by atoms with E-state index in [-0.39, 0.29) is 11.7 Å². The molecule has 0 spiro atoms. The van der Waals surface area contributed by atoms with Crippen molar-refractivity contribution in [2.24, 2.45) is 4.99 Å². The van der Waals surface area contributed by atoms with Crippen molar-refractivity contribution < 1.29 is 9.18 Å². The van der Waals surface area contributed by atoms with Gasteiger partial charge in [-0.3, -0.25) is 9.79 Å². The number of nitrogens with zero attached hydrogens (tertiary/aromatic N) is 3. The molecule has 2 aliphatic heterocycles. The first-order chi connectivity index (χ1) is 16.1. The van der Waals surface area contributed by atoms with Gasteiger partial charge in [-0.15, -0.1) is 0 Å². The Kier molecular flexibility index (Phi) is 6.36. The van der Waals surface area contributed by atoms with Crippen LogP contribution in [0.15, 0.2) is 80.7 Å². The number of aliphatic imine (C=N–C) groups is 1. The van der Waals surface area contributed by atoms with E-state index in [1.807, 2.05) is 21.9 Å². The van der Waals surface area contributed by atoms with Crippen molar-refractivity contribution in [1.29, 1.82) is 0 Å². The molecular weight excluding hydrogens is 433 g/mol. The maximum atomic E-state index is 14.1. The Hall–Kier alpha value is -2.86. The van der Waals surface area contributed by atoms with E-state index in [1.165, 1.54) is 21.4 Å². The molecule has 5 rings (SSSR count). The minimum atomic E-state index is -0.209. The fourth-order valence-electron chi connectivity index (χ4n) is 4.68. The lowest BCUT2D eigenvalue weighted by Crippen LogP contribution is -2.49. The van der Waals surface area contributed by atoms with Crippen LogP contribution in [0.25, 0.3) is 0 Å². The van der Waals surface area contributed by atoms with Gasteiger partial charge >= 0.3 is 0 Å². The molecule has 1 fully saturated rings. The SMILES string of the molecule is CCCC1=NC2=C(CCC(C(=O)N3CCN(c4ccccc4F)CC3)=C2)Sc2ccccc21. The van der Waals surface area contributed by atoms with Gasteiger partial charge in [0.15, 0.2) is 0 Å². The topological polar surface area (TPSA) is 35.9 Å². The number of anilines is 1. The van der Waals surface area contributed by atoms with E-state index >= 15 is 0 Å². The van der Waals surface area contributed by atoms with Crippen LogP contribution in [0.2, 0.25) is 0 Å². The van der Waals surface area contributed by atoms with Crippen molar-refractivity contribution in [2.45, 2.75) is 37.5 Å². The standard InChI is InChI=1S/C27H28FN3OS/c1-2-7-22-20-8-3-6-11-25(20)33-26-13-12-19(18-23(26)29-22)27(32)31-16-14-30(15-17-31)24-10-5-4-9-21(24)28/h3-6,8-11,18H,2,7,12-17H2,1H3. The molecule has 2 aromatic carbocycles. The van der Waals surface area contributed by atoms with E-state index in [0.29, 0.717) is 31.9 Å². The number of carbonyl (C=O) groups excluding carboxylic acids is 1. The highest BCUT2D eigenvalue weighted by atomic mass is 32.2. The fraction of sp³-hybridized carbons (Fsp3) is 0.333. The van der Waals surface area contributed by atoms with Crippen LogP contribution in [0.5, 0.6) is 0 Å². The van der Waals surface area contributed by atoms with Gasteiger partial charge in [0.25, 0.3) is 0 Å². The van der Waals surface area contributed by atoms with Gasteiger partial charge in [-0.25, -0.2) is 4.39 Å². The molecule has 6 heteroatoms. The Morgan fingerprint density at radius 1 is 1.03 bits per heavy atom. The lowest BCUT2D eigenvalue weighted by atomic mass is 10.0. The monoisotopic (exact) mass is 461 g/mol. The third-order valence-electron chi connectivity index (χ3n) is 6.43. The average Bonchev–Trinajstić information content (AvgIpc) is 3.00. The van der Waals surface area contributed by atoms with Crippen molar-refractivity contribution in [3.63, 3.8) is 0 Å². The molecule has 0 unspecified atom stereocenters. The summed E-state index contributed by atoms with van der Waals surface area (Å²) in [7, 11) is 0. The molecule has 33 heavy (non-hydrogen) atoms. The van der Waals surface area contributed by atoms with Gasteiger partial charge in [0.1, 0.15) is 5.82 Å². The zero-order valence-electron chi connectivity index (χ0n) is 18.9. The summed E-state index contributed by atoms with van der Waals surface area (Å²) in [6.45, 7) is 4.64. The molecule has 1 saturated heterocycles. The quantitative estimate of drug-likeness (QED) is 0.577. The van der Waals surface area contributed by atoms with E-state index < -0.39 is 0 Å². The Morgan fingerprint density at radius 3 is 2.58 bits per heavy atom. The maximum absolute atomic E-state index is 14.1. The number of hydrogen-bond acceptors (Lipinski definition) is 4. The van der Waals surface area contributed by atoms with Gasteiger partial charge < -0.3 is 9.80 Å². The molecule has 2 heterocycles. The highest BCUT2D eigenvalue weighted by Gasteiger charge is 2.28. The van der Waals surface area contributed by atoms with Crippen LogP contribution >= 0.6 is 11.8 Å². The summed E-state index contributed by atoms with van der Waals surface area (Å²) in [6, 6.07) is 15.3. The number of halogens is 1. The van der Waals surface area contributed by atoms with Crippen LogP contribution in [0, 0.1) is 5.82 Å². The smallest absolute Gasteiger partial charge is 0.249 e. The normalized spacial score (nSPS) is 18.2. The van der Waals surface area contributed by atoms with E-state index in [9.17, 15) is 9.18 Å². The van der Waals surface area contributed by atoms with E-state index in [4.69, 9.17) is 4.99 Å². The number of para-hydroxylation sites is 1. The summed E-state index contributed by atoms with van der Waals surface area (Å²) in [6.07, 6.45) is 5.54. The van der Waals surface area contributed by atoms with Crippen molar-refractivity contribution in [2.75, 3.05) is 31.1 Å². The number of benzene rings is 2. The Bertz CT molecular complexity index is 1160.